The molecule has 0 heterocycles. The van der Waals surface area contributed by atoms with Gasteiger partial charge in [0, 0.05) is 25.0 Å². The fourth-order valence-electron chi connectivity index (χ4n) is 2.28. The second-order valence-corrected chi connectivity index (χ2v) is 4.42. The van der Waals surface area contributed by atoms with Gasteiger partial charge in [0.25, 0.3) is 0 Å². The molecule has 2 unspecified atom stereocenters. The van der Waals surface area contributed by atoms with E-state index in [4.69, 9.17) is 10.8 Å². The summed E-state index contributed by atoms with van der Waals surface area (Å²) >= 11 is 0. The summed E-state index contributed by atoms with van der Waals surface area (Å²) in [6.07, 6.45) is 5.43. The largest absolute Gasteiger partial charge is 0.395 e. The van der Waals surface area contributed by atoms with Crippen LogP contribution in [0.2, 0.25) is 0 Å². The lowest BCUT2D eigenvalue weighted by molar-refractivity contribution is -0.136. The maximum absolute atomic E-state index is 12.1. The molecule has 4 heteroatoms. The minimum Gasteiger partial charge on any atom is -0.395 e. The first-order valence-corrected chi connectivity index (χ1v) is 5.95. The van der Waals surface area contributed by atoms with Crippen molar-refractivity contribution in [3.05, 3.63) is 12.7 Å². The molecule has 1 aliphatic carbocycles. The van der Waals surface area contributed by atoms with E-state index in [9.17, 15) is 4.79 Å². The number of hydrogen-bond acceptors (Lipinski definition) is 3. The molecule has 1 rings (SSSR count). The molecule has 2 atom stereocenters. The van der Waals surface area contributed by atoms with Crippen LogP contribution in [0.3, 0.4) is 0 Å². The maximum Gasteiger partial charge on any atom is 0.226 e. The summed E-state index contributed by atoms with van der Waals surface area (Å²) in [4.78, 5) is 13.8. The first-order chi connectivity index (χ1) is 7.69. The second kappa shape index (κ2) is 6.66. The average Bonchev–Trinajstić information content (AvgIpc) is 2.28. The highest BCUT2D eigenvalue weighted by Crippen LogP contribution is 2.24. The Bertz CT molecular complexity index is 243. The topological polar surface area (TPSA) is 66.6 Å². The van der Waals surface area contributed by atoms with Crippen molar-refractivity contribution in [2.75, 3.05) is 19.7 Å². The van der Waals surface area contributed by atoms with Gasteiger partial charge in [-0.1, -0.05) is 12.5 Å². The summed E-state index contributed by atoms with van der Waals surface area (Å²) in [6.45, 7) is 4.51. The highest BCUT2D eigenvalue weighted by molar-refractivity contribution is 5.79. The fraction of sp³-hybridized carbons (Fsp3) is 0.750. The van der Waals surface area contributed by atoms with Crippen molar-refractivity contribution in [3.8, 4) is 0 Å². The summed E-state index contributed by atoms with van der Waals surface area (Å²) in [5, 5.41) is 8.91. The van der Waals surface area contributed by atoms with Crippen molar-refractivity contribution in [3.63, 3.8) is 0 Å². The Hall–Kier alpha value is -0.870. The Morgan fingerprint density at radius 2 is 2.31 bits per heavy atom. The van der Waals surface area contributed by atoms with Gasteiger partial charge < -0.3 is 15.7 Å². The molecule has 16 heavy (non-hydrogen) atoms. The van der Waals surface area contributed by atoms with Gasteiger partial charge in [0.05, 0.1) is 6.61 Å². The second-order valence-electron chi connectivity index (χ2n) is 4.42. The normalized spacial score (nSPS) is 25.1. The molecule has 0 bridgehead atoms. The van der Waals surface area contributed by atoms with Crippen molar-refractivity contribution in [2.24, 2.45) is 11.7 Å². The molecule has 0 aromatic carbocycles. The molecule has 1 amide bonds. The molecule has 0 saturated heterocycles. The quantitative estimate of drug-likeness (QED) is 0.671. The lowest BCUT2D eigenvalue weighted by Crippen LogP contribution is -2.42. The summed E-state index contributed by atoms with van der Waals surface area (Å²) in [7, 11) is 0. The van der Waals surface area contributed by atoms with E-state index in [1.807, 2.05) is 0 Å². The van der Waals surface area contributed by atoms with E-state index >= 15 is 0 Å². The van der Waals surface area contributed by atoms with Crippen LogP contribution in [0.25, 0.3) is 0 Å². The van der Waals surface area contributed by atoms with Gasteiger partial charge in [-0.15, -0.1) is 6.58 Å². The molecule has 3 N–H and O–H groups in total. The van der Waals surface area contributed by atoms with Crippen LogP contribution < -0.4 is 5.73 Å². The lowest BCUT2D eigenvalue weighted by atomic mass is 9.85. The number of nitrogens with zero attached hydrogens (tertiary/aromatic N) is 1. The fourth-order valence-corrected chi connectivity index (χ4v) is 2.28. The van der Waals surface area contributed by atoms with Crippen molar-refractivity contribution < 1.29 is 9.90 Å². The summed E-state index contributed by atoms with van der Waals surface area (Å²) < 4.78 is 0. The monoisotopic (exact) mass is 226 g/mol. The van der Waals surface area contributed by atoms with Gasteiger partial charge in [0.15, 0.2) is 0 Å². The van der Waals surface area contributed by atoms with Crippen LogP contribution >= 0.6 is 0 Å². The Labute approximate surface area is 97.1 Å². The molecule has 1 aliphatic rings. The van der Waals surface area contributed by atoms with Gasteiger partial charge in [-0.3, -0.25) is 4.79 Å². The summed E-state index contributed by atoms with van der Waals surface area (Å²) in [6, 6.07) is 0.155. The highest BCUT2D eigenvalue weighted by atomic mass is 16.3. The molecule has 0 aliphatic heterocycles. The summed E-state index contributed by atoms with van der Waals surface area (Å²) in [5.74, 6) is 0.152. The molecule has 0 radical (unpaired) electrons. The molecule has 4 nitrogen and oxygen atoms in total. The Morgan fingerprint density at radius 1 is 1.56 bits per heavy atom. The average molecular weight is 226 g/mol. The van der Waals surface area contributed by atoms with Crippen LogP contribution in [0.4, 0.5) is 0 Å². The summed E-state index contributed by atoms with van der Waals surface area (Å²) in [5.41, 5.74) is 5.87. The smallest absolute Gasteiger partial charge is 0.226 e. The number of hydrogen-bond donors (Lipinski definition) is 2. The number of nitrogens with two attached hydrogens (primary N) is 1. The van der Waals surface area contributed by atoms with E-state index in [0.717, 1.165) is 25.7 Å². The zero-order valence-electron chi connectivity index (χ0n) is 9.77. The van der Waals surface area contributed by atoms with Gasteiger partial charge >= 0.3 is 0 Å². The number of carbonyl (C=O) groups excluding carboxylic acids is 1. The van der Waals surface area contributed by atoms with Crippen LogP contribution in [0.5, 0.6) is 0 Å². The standard InChI is InChI=1S/C12H22N2O2/c1-2-6-14(7-8-15)12(16)10-4-3-5-11(13)9-10/h2,10-11,15H,1,3-9,13H2. The molecule has 0 spiro atoms. The van der Waals surface area contributed by atoms with Crippen LogP contribution in [-0.4, -0.2) is 41.7 Å². The molecule has 92 valence electrons. The molecule has 0 aromatic rings. The van der Waals surface area contributed by atoms with E-state index < -0.39 is 0 Å². The number of aliphatic hydroxyl groups excluding tert-OH is 1. The van der Waals surface area contributed by atoms with E-state index in [0.29, 0.717) is 13.1 Å². The molecular formula is C12H22N2O2. The van der Waals surface area contributed by atoms with E-state index in [1.165, 1.54) is 0 Å². The van der Waals surface area contributed by atoms with E-state index in [2.05, 4.69) is 6.58 Å². The SMILES string of the molecule is C=CCN(CCO)C(=O)C1CCCC(N)C1. The van der Waals surface area contributed by atoms with E-state index in [1.54, 1.807) is 11.0 Å². The third-order valence-corrected chi connectivity index (χ3v) is 3.10. The highest BCUT2D eigenvalue weighted by Gasteiger charge is 2.28. The zero-order valence-corrected chi connectivity index (χ0v) is 9.77. The minimum atomic E-state index is -0.00163. The molecule has 0 aromatic heterocycles. The van der Waals surface area contributed by atoms with Crippen LogP contribution in [0, 0.1) is 5.92 Å². The first kappa shape index (κ1) is 13.2. The number of rotatable bonds is 5. The van der Waals surface area contributed by atoms with Crippen LogP contribution in [0.1, 0.15) is 25.7 Å². The predicted octanol–water partition coefficient (Wildman–Crippen LogP) is 0.511. The molecular weight excluding hydrogens is 204 g/mol. The van der Waals surface area contributed by atoms with Gasteiger partial charge in [-0.25, -0.2) is 0 Å². The predicted molar refractivity (Wildman–Crippen MR) is 63.8 cm³/mol. The van der Waals surface area contributed by atoms with Gasteiger partial charge in [-0.2, -0.15) is 0 Å². The third kappa shape index (κ3) is 3.61. The molecule has 1 saturated carbocycles. The number of carbonyl (C=O) groups is 1. The number of amides is 1. The first-order valence-electron chi connectivity index (χ1n) is 5.95. The Kier molecular flexibility index (Phi) is 5.49. The minimum absolute atomic E-state index is 0.00163. The van der Waals surface area contributed by atoms with Gasteiger partial charge in [0.2, 0.25) is 5.91 Å². The lowest BCUT2D eigenvalue weighted by Gasteiger charge is -2.30. The van der Waals surface area contributed by atoms with Crippen LogP contribution in [0.15, 0.2) is 12.7 Å². The van der Waals surface area contributed by atoms with Crippen LogP contribution in [-0.2, 0) is 4.79 Å². The Balaban J connectivity index is 2.54. The van der Waals surface area contributed by atoms with Crippen molar-refractivity contribution in [2.45, 2.75) is 31.7 Å². The third-order valence-electron chi connectivity index (χ3n) is 3.10. The number of aliphatic hydroxyl groups is 1. The van der Waals surface area contributed by atoms with Crippen molar-refractivity contribution in [1.29, 1.82) is 0 Å². The van der Waals surface area contributed by atoms with Gasteiger partial charge in [0.1, 0.15) is 0 Å². The molecule has 1 fully saturated rings. The Morgan fingerprint density at radius 3 is 2.88 bits per heavy atom. The van der Waals surface area contributed by atoms with E-state index in [-0.39, 0.29) is 24.5 Å². The van der Waals surface area contributed by atoms with Crippen molar-refractivity contribution >= 4 is 5.91 Å². The maximum atomic E-state index is 12.1. The zero-order chi connectivity index (χ0) is 12.0. The van der Waals surface area contributed by atoms with Crippen molar-refractivity contribution in [1.82, 2.24) is 4.90 Å². The van der Waals surface area contributed by atoms with Gasteiger partial charge in [-0.05, 0) is 19.3 Å².